The van der Waals surface area contributed by atoms with Crippen LogP contribution in [-0.2, 0) is 9.59 Å². The highest BCUT2D eigenvalue weighted by molar-refractivity contribution is 5.67. The van der Waals surface area contributed by atoms with Crippen LogP contribution in [0.2, 0.25) is 0 Å². The Balaban J connectivity index is 0. The fraction of sp³-hybridized carbons (Fsp3) is 0.800. The number of carboxylic acids is 2. The molecule has 0 fully saturated rings. The highest BCUT2D eigenvalue weighted by Crippen LogP contribution is 2.03. The second kappa shape index (κ2) is 11.9. The first-order valence-electron chi connectivity index (χ1n) is 5.16. The number of aliphatic hydroxyl groups is 2. The van der Waals surface area contributed by atoms with E-state index in [4.69, 9.17) is 20.4 Å². The first-order valence-corrected chi connectivity index (χ1v) is 5.16. The van der Waals surface area contributed by atoms with Gasteiger partial charge < -0.3 is 20.4 Å². The monoisotopic (exact) mass is 236 g/mol. The van der Waals surface area contributed by atoms with Crippen LogP contribution in [0.1, 0.15) is 39.0 Å². The van der Waals surface area contributed by atoms with Gasteiger partial charge in [0.1, 0.15) is 0 Å². The SMILES string of the molecule is CCCCC(O)CC(=O)O.O=C(O)CCO. The smallest absolute Gasteiger partial charge is 0.305 e. The molecule has 4 N–H and O–H groups in total. The number of hydrogen-bond donors (Lipinski definition) is 4. The standard InChI is InChI=1S/C7H14O3.C3H6O3/c1-2-3-4-6(8)5-7(9)10;4-2-1-3(5)6/h6,8H,2-5H2,1H3,(H,9,10);4H,1-2H2,(H,5,6). The Morgan fingerprint density at radius 2 is 1.75 bits per heavy atom. The first kappa shape index (κ1) is 17.3. The molecule has 0 aliphatic heterocycles. The summed E-state index contributed by atoms with van der Waals surface area (Å²) in [6, 6.07) is 0. The molecule has 0 spiro atoms. The molecule has 0 saturated carbocycles. The molecule has 0 rings (SSSR count). The lowest BCUT2D eigenvalue weighted by molar-refractivity contribution is -0.139. The molecule has 6 heteroatoms. The van der Waals surface area contributed by atoms with E-state index in [0.717, 1.165) is 12.8 Å². The summed E-state index contributed by atoms with van der Waals surface area (Å²) in [5.74, 6) is -1.89. The minimum atomic E-state index is -0.961. The predicted molar refractivity (Wildman–Crippen MR) is 57.1 cm³/mol. The number of unbranched alkanes of at least 4 members (excludes halogenated alkanes) is 1. The van der Waals surface area contributed by atoms with Gasteiger partial charge >= 0.3 is 11.9 Å². The molecule has 16 heavy (non-hydrogen) atoms. The summed E-state index contributed by atoms with van der Waals surface area (Å²) in [4.78, 5) is 19.5. The Bertz CT molecular complexity index is 192. The number of rotatable bonds is 7. The molecule has 0 heterocycles. The molecule has 0 aromatic heterocycles. The van der Waals surface area contributed by atoms with E-state index >= 15 is 0 Å². The van der Waals surface area contributed by atoms with Gasteiger partial charge in [0, 0.05) is 0 Å². The molecule has 6 nitrogen and oxygen atoms in total. The third-order valence-electron chi connectivity index (χ3n) is 1.63. The summed E-state index contributed by atoms with van der Waals surface area (Å²) >= 11 is 0. The average Bonchev–Trinajstić information content (AvgIpc) is 2.14. The highest BCUT2D eigenvalue weighted by Gasteiger charge is 2.07. The second-order valence-corrected chi connectivity index (χ2v) is 3.26. The van der Waals surface area contributed by atoms with Gasteiger partial charge in [0.15, 0.2) is 0 Å². The maximum absolute atomic E-state index is 10.0. The molecule has 0 saturated heterocycles. The summed E-state index contributed by atoms with van der Waals surface area (Å²) in [5.41, 5.74) is 0. The van der Waals surface area contributed by atoms with Crippen molar-refractivity contribution in [1.29, 1.82) is 0 Å². The number of aliphatic carboxylic acids is 2. The van der Waals surface area contributed by atoms with Crippen LogP contribution in [-0.4, -0.2) is 45.1 Å². The zero-order valence-corrected chi connectivity index (χ0v) is 9.43. The van der Waals surface area contributed by atoms with Crippen LogP contribution in [0.4, 0.5) is 0 Å². The molecule has 0 radical (unpaired) electrons. The van der Waals surface area contributed by atoms with Gasteiger partial charge in [0.05, 0.1) is 25.6 Å². The van der Waals surface area contributed by atoms with Crippen LogP contribution < -0.4 is 0 Å². The third kappa shape index (κ3) is 18.6. The molecule has 96 valence electrons. The van der Waals surface area contributed by atoms with E-state index in [9.17, 15) is 9.59 Å². The van der Waals surface area contributed by atoms with Gasteiger partial charge in [-0.2, -0.15) is 0 Å². The van der Waals surface area contributed by atoms with Gasteiger partial charge in [-0.15, -0.1) is 0 Å². The van der Waals surface area contributed by atoms with Crippen molar-refractivity contribution in [3.8, 4) is 0 Å². The summed E-state index contributed by atoms with van der Waals surface area (Å²) < 4.78 is 0. The molecule has 0 aliphatic rings. The Morgan fingerprint density at radius 1 is 1.19 bits per heavy atom. The van der Waals surface area contributed by atoms with Crippen molar-refractivity contribution >= 4 is 11.9 Å². The minimum Gasteiger partial charge on any atom is -0.481 e. The molecule has 0 aliphatic carbocycles. The number of aliphatic hydroxyl groups excluding tert-OH is 2. The van der Waals surface area contributed by atoms with Crippen molar-refractivity contribution in [3.63, 3.8) is 0 Å². The Labute approximate surface area is 94.5 Å². The molecular formula is C10H20O6. The van der Waals surface area contributed by atoms with E-state index in [0.29, 0.717) is 6.42 Å². The van der Waals surface area contributed by atoms with Crippen molar-refractivity contribution in [2.75, 3.05) is 6.61 Å². The number of carboxylic acid groups (broad SMARTS) is 2. The highest BCUT2D eigenvalue weighted by atomic mass is 16.4. The van der Waals surface area contributed by atoms with Crippen molar-refractivity contribution in [2.45, 2.75) is 45.1 Å². The van der Waals surface area contributed by atoms with Crippen molar-refractivity contribution in [2.24, 2.45) is 0 Å². The minimum absolute atomic E-state index is 0.125. The maximum Gasteiger partial charge on any atom is 0.305 e. The summed E-state index contributed by atoms with van der Waals surface area (Å²) in [5, 5.41) is 32.8. The zero-order chi connectivity index (χ0) is 13.0. The Morgan fingerprint density at radius 3 is 2.00 bits per heavy atom. The van der Waals surface area contributed by atoms with Crippen molar-refractivity contribution < 1.29 is 30.0 Å². The fourth-order valence-corrected chi connectivity index (χ4v) is 0.839. The van der Waals surface area contributed by atoms with Gasteiger partial charge in [-0.25, -0.2) is 0 Å². The molecule has 1 atom stereocenters. The third-order valence-corrected chi connectivity index (χ3v) is 1.63. The van der Waals surface area contributed by atoms with Crippen LogP contribution in [0.3, 0.4) is 0 Å². The number of hydrogen-bond acceptors (Lipinski definition) is 4. The zero-order valence-electron chi connectivity index (χ0n) is 9.43. The van der Waals surface area contributed by atoms with E-state index in [-0.39, 0.29) is 19.4 Å². The van der Waals surface area contributed by atoms with E-state index < -0.39 is 18.0 Å². The summed E-state index contributed by atoms with van der Waals surface area (Å²) in [6.07, 6.45) is 1.56. The summed E-state index contributed by atoms with van der Waals surface area (Å²) in [7, 11) is 0. The Hall–Kier alpha value is -1.14. The topological polar surface area (TPSA) is 115 Å². The van der Waals surface area contributed by atoms with Gasteiger partial charge in [0.2, 0.25) is 0 Å². The van der Waals surface area contributed by atoms with Crippen LogP contribution in [0.15, 0.2) is 0 Å². The van der Waals surface area contributed by atoms with Gasteiger partial charge in [-0.3, -0.25) is 9.59 Å². The normalized spacial score (nSPS) is 11.2. The van der Waals surface area contributed by atoms with E-state index in [1.807, 2.05) is 6.92 Å². The van der Waals surface area contributed by atoms with E-state index in [1.165, 1.54) is 0 Å². The average molecular weight is 236 g/mol. The van der Waals surface area contributed by atoms with Gasteiger partial charge in [0.25, 0.3) is 0 Å². The molecule has 0 aromatic carbocycles. The molecule has 0 aromatic rings. The van der Waals surface area contributed by atoms with Gasteiger partial charge in [-0.1, -0.05) is 19.8 Å². The first-order chi connectivity index (χ1) is 7.43. The molecule has 0 amide bonds. The van der Waals surface area contributed by atoms with Crippen LogP contribution >= 0.6 is 0 Å². The maximum atomic E-state index is 10.0. The van der Waals surface area contributed by atoms with Crippen molar-refractivity contribution in [3.05, 3.63) is 0 Å². The number of carbonyl (C=O) groups is 2. The largest absolute Gasteiger partial charge is 0.481 e. The molecule has 1 unspecified atom stereocenters. The molecular weight excluding hydrogens is 216 g/mol. The molecule has 0 bridgehead atoms. The second-order valence-electron chi connectivity index (χ2n) is 3.26. The summed E-state index contributed by atoms with van der Waals surface area (Å²) in [6.45, 7) is 1.74. The lowest BCUT2D eigenvalue weighted by Crippen LogP contribution is -2.12. The predicted octanol–water partition coefficient (Wildman–Crippen LogP) is 0.466. The fourth-order valence-electron chi connectivity index (χ4n) is 0.839. The van der Waals surface area contributed by atoms with Gasteiger partial charge in [-0.05, 0) is 6.42 Å². The van der Waals surface area contributed by atoms with E-state index in [1.54, 1.807) is 0 Å². The van der Waals surface area contributed by atoms with Crippen LogP contribution in [0.25, 0.3) is 0 Å². The lowest BCUT2D eigenvalue weighted by atomic mass is 10.1. The Kier molecular flexibility index (Phi) is 12.9. The van der Waals surface area contributed by atoms with Crippen LogP contribution in [0.5, 0.6) is 0 Å². The van der Waals surface area contributed by atoms with Crippen molar-refractivity contribution in [1.82, 2.24) is 0 Å². The lowest BCUT2D eigenvalue weighted by Gasteiger charge is -2.04. The van der Waals surface area contributed by atoms with E-state index in [2.05, 4.69) is 0 Å². The van der Waals surface area contributed by atoms with Crippen LogP contribution in [0, 0.1) is 0 Å². The quantitative estimate of drug-likeness (QED) is 0.510.